The first-order valence-corrected chi connectivity index (χ1v) is 12.5. The van der Waals surface area contributed by atoms with E-state index >= 15 is 0 Å². The summed E-state index contributed by atoms with van der Waals surface area (Å²) in [6, 6.07) is 16.6. The van der Waals surface area contributed by atoms with Gasteiger partial charge in [0, 0.05) is 42.6 Å². The van der Waals surface area contributed by atoms with Crippen molar-refractivity contribution in [3.63, 3.8) is 0 Å². The highest BCUT2D eigenvalue weighted by Crippen LogP contribution is 2.39. The summed E-state index contributed by atoms with van der Waals surface area (Å²) in [7, 11) is 0. The third-order valence-electron chi connectivity index (χ3n) is 6.98. The lowest BCUT2D eigenvalue weighted by Crippen LogP contribution is -2.58. The summed E-state index contributed by atoms with van der Waals surface area (Å²) in [5.41, 5.74) is 0.791. The zero-order valence-electron chi connectivity index (χ0n) is 20.2. The maximum absolute atomic E-state index is 13.8. The van der Waals surface area contributed by atoms with E-state index in [9.17, 15) is 14.4 Å². The Bertz CT molecular complexity index is 1070. The van der Waals surface area contributed by atoms with Crippen molar-refractivity contribution in [2.24, 2.45) is 0 Å². The number of nitrogens with one attached hydrogen (secondary N) is 1. The van der Waals surface area contributed by atoms with Crippen LogP contribution < -0.4 is 10.2 Å². The van der Waals surface area contributed by atoms with Crippen LogP contribution in [0.3, 0.4) is 0 Å². The zero-order chi connectivity index (χ0) is 25.0. The van der Waals surface area contributed by atoms with Crippen LogP contribution in [0.5, 0.6) is 0 Å². The van der Waals surface area contributed by atoms with Gasteiger partial charge in [-0.15, -0.1) is 0 Å². The number of rotatable bonds is 6. The predicted octanol–water partition coefficient (Wildman–Crippen LogP) is 3.88. The molecule has 0 radical (unpaired) electrons. The van der Waals surface area contributed by atoms with E-state index < -0.39 is 5.54 Å². The number of halogens is 1. The number of urea groups is 1. The average Bonchev–Trinajstić information content (AvgIpc) is 3.12. The lowest BCUT2D eigenvalue weighted by molar-refractivity contribution is -0.140. The molecular formula is C26H32ClN5O3. The molecule has 2 aromatic rings. The molecule has 4 amide bonds. The number of hydrogen-bond acceptors (Lipinski definition) is 4. The van der Waals surface area contributed by atoms with Crippen molar-refractivity contribution in [2.75, 3.05) is 49.6 Å². The topological polar surface area (TPSA) is 76.2 Å². The molecule has 2 saturated heterocycles. The maximum atomic E-state index is 13.8. The van der Waals surface area contributed by atoms with Crippen molar-refractivity contribution in [1.82, 2.24) is 14.7 Å². The number of anilines is 2. The molecule has 186 valence electrons. The van der Waals surface area contributed by atoms with Crippen molar-refractivity contribution < 1.29 is 14.4 Å². The predicted molar refractivity (Wildman–Crippen MR) is 137 cm³/mol. The number of likely N-dealkylation sites (N-methyl/N-ethyl adjacent to an activating group) is 1. The molecule has 2 fully saturated rings. The highest BCUT2D eigenvalue weighted by molar-refractivity contribution is 6.30. The normalized spacial score (nSPS) is 17.1. The number of likely N-dealkylation sites (tertiary alicyclic amines) is 1. The van der Waals surface area contributed by atoms with E-state index in [0.717, 1.165) is 5.69 Å². The third-order valence-corrected chi connectivity index (χ3v) is 7.21. The molecule has 2 aliphatic rings. The Balaban J connectivity index is 1.51. The van der Waals surface area contributed by atoms with Crippen LogP contribution in [-0.4, -0.2) is 77.5 Å². The summed E-state index contributed by atoms with van der Waals surface area (Å²) < 4.78 is 0. The second-order valence-corrected chi connectivity index (χ2v) is 9.37. The standard InChI is InChI=1S/C26H32ClN5O3/c1-3-29(4-2)23(33)18-31-19-32(22-11-6-5-7-12-22)26(24(31)34)13-15-30(16-14-26)25(35)28-21-10-8-9-20(27)17-21/h5-12,17H,3-4,13-16,18-19H2,1-2H3,(H,28,35). The van der Waals surface area contributed by atoms with E-state index in [1.165, 1.54) is 0 Å². The van der Waals surface area contributed by atoms with Gasteiger partial charge in [0.2, 0.25) is 5.91 Å². The van der Waals surface area contributed by atoms with Crippen molar-refractivity contribution in [3.8, 4) is 0 Å². The molecule has 2 aromatic carbocycles. The van der Waals surface area contributed by atoms with E-state index in [2.05, 4.69) is 10.2 Å². The molecule has 0 atom stereocenters. The van der Waals surface area contributed by atoms with Crippen LogP contribution in [0.15, 0.2) is 54.6 Å². The average molecular weight is 498 g/mol. The summed E-state index contributed by atoms with van der Waals surface area (Å²) in [5, 5.41) is 3.44. The molecule has 0 saturated carbocycles. The Morgan fingerprint density at radius 3 is 2.34 bits per heavy atom. The van der Waals surface area contributed by atoms with Crippen LogP contribution in [-0.2, 0) is 9.59 Å². The van der Waals surface area contributed by atoms with Gasteiger partial charge in [0.25, 0.3) is 5.91 Å². The fraction of sp³-hybridized carbons (Fsp3) is 0.423. The van der Waals surface area contributed by atoms with Crippen LogP contribution in [0.2, 0.25) is 5.02 Å². The van der Waals surface area contributed by atoms with Gasteiger partial charge >= 0.3 is 6.03 Å². The van der Waals surface area contributed by atoms with Gasteiger partial charge in [0.1, 0.15) is 12.1 Å². The maximum Gasteiger partial charge on any atom is 0.321 e. The molecule has 35 heavy (non-hydrogen) atoms. The van der Waals surface area contributed by atoms with Gasteiger partial charge < -0.3 is 24.9 Å². The van der Waals surface area contributed by atoms with Crippen molar-refractivity contribution in [2.45, 2.75) is 32.2 Å². The molecule has 1 spiro atoms. The van der Waals surface area contributed by atoms with Gasteiger partial charge in [0.15, 0.2) is 0 Å². The van der Waals surface area contributed by atoms with Crippen LogP contribution in [0.25, 0.3) is 0 Å². The van der Waals surface area contributed by atoms with E-state index in [4.69, 9.17) is 11.6 Å². The molecular weight excluding hydrogens is 466 g/mol. The number of nitrogens with zero attached hydrogens (tertiary/aromatic N) is 4. The van der Waals surface area contributed by atoms with Gasteiger partial charge in [-0.25, -0.2) is 4.79 Å². The minimum absolute atomic E-state index is 0.0447. The quantitative estimate of drug-likeness (QED) is 0.657. The fourth-order valence-corrected chi connectivity index (χ4v) is 5.20. The van der Waals surface area contributed by atoms with Crippen molar-refractivity contribution >= 4 is 40.8 Å². The summed E-state index contributed by atoms with van der Waals surface area (Å²) in [6.07, 6.45) is 0.972. The lowest BCUT2D eigenvalue weighted by Gasteiger charge is -2.43. The van der Waals surface area contributed by atoms with Gasteiger partial charge in [0.05, 0.1) is 6.67 Å². The summed E-state index contributed by atoms with van der Waals surface area (Å²) in [4.78, 5) is 46.7. The summed E-state index contributed by atoms with van der Waals surface area (Å²) in [6.45, 7) is 6.38. The zero-order valence-corrected chi connectivity index (χ0v) is 21.0. The smallest absolute Gasteiger partial charge is 0.321 e. The van der Waals surface area contributed by atoms with Crippen LogP contribution in [0.1, 0.15) is 26.7 Å². The monoisotopic (exact) mass is 497 g/mol. The van der Waals surface area contributed by atoms with Gasteiger partial charge in [-0.05, 0) is 57.0 Å². The molecule has 2 heterocycles. The molecule has 0 unspecified atom stereocenters. The molecule has 2 aliphatic heterocycles. The first-order valence-electron chi connectivity index (χ1n) is 12.1. The lowest BCUT2D eigenvalue weighted by atomic mass is 9.85. The van der Waals surface area contributed by atoms with E-state index in [1.54, 1.807) is 39.0 Å². The number of piperidine rings is 1. The van der Waals surface area contributed by atoms with Gasteiger partial charge in [-0.3, -0.25) is 9.59 Å². The molecule has 9 heteroatoms. The van der Waals surface area contributed by atoms with Crippen LogP contribution >= 0.6 is 11.6 Å². The SMILES string of the molecule is CCN(CC)C(=O)CN1CN(c2ccccc2)C2(CCN(C(=O)Nc3cccc(Cl)c3)CC2)C1=O. The molecule has 0 bridgehead atoms. The molecule has 0 aromatic heterocycles. The Morgan fingerprint density at radius 2 is 1.71 bits per heavy atom. The van der Waals surface area contributed by atoms with Crippen molar-refractivity contribution in [3.05, 3.63) is 59.6 Å². The molecule has 4 rings (SSSR count). The highest BCUT2D eigenvalue weighted by Gasteiger charge is 2.54. The number of benzene rings is 2. The first kappa shape index (κ1) is 24.9. The number of amides is 4. The highest BCUT2D eigenvalue weighted by atomic mass is 35.5. The summed E-state index contributed by atoms with van der Waals surface area (Å²) in [5.74, 6) is -0.0940. The second kappa shape index (κ2) is 10.6. The first-order chi connectivity index (χ1) is 16.9. The third kappa shape index (κ3) is 5.07. The van der Waals surface area contributed by atoms with Crippen molar-refractivity contribution in [1.29, 1.82) is 0 Å². The molecule has 1 N–H and O–H groups in total. The van der Waals surface area contributed by atoms with Crippen LogP contribution in [0, 0.1) is 0 Å². The largest absolute Gasteiger partial charge is 0.342 e. The van der Waals surface area contributed by atoms with Crippen LogP contribution in [0.4, 0.5) is 16.2 Å². The Morgan fingerprint density at radius 1 is 1.03 bits per heavy atom. The minimum atomic E-state index is -0.780. The molecule has 0 aliphatic carbocycles. The Labute approximate surface area is 211 Å². The van der Waals surface area contributed by atoms with Gasteiger partial charge in [-0.1, -0.05) is 35.9 Å². The minimum Gasteiger partial charge on any atom is -0.342 e. The van der Waals surface area contributed by atoms with Gasteiger partial charge in [-0.2, -0.15) is 0 Å². The number of carbonyl (C=O) groups excluding carboxylic acids is 3. The Kier molecular flexibility index (Phi) is 7.50. The summed E-state index contributed by atoms with van der Waals surface area (Å²) >= 11 is 6.03. The number of hydrogen-bond donors (Lipinski definition) is 1. The molecule has 8 nitrogen and oxygen atoms in total. The Hall–Kier alpha value is -3.26. The number of para-hydroxylation sites is 1. The van der Waals surface area contributed by atoms with E-state index in [0.29, 0.717) is 56.4 Å². The second-order valence-electron chi connectivity index (χ2n) is 8.93. The van der Waals surface area contributed by atoms with E-state index in [-0.39, 0.29) is 24.4 Å². The number of carbonyl (C=O) groups is 3. The fourth-order valence-electron chi connectivity index (χ4n) is 5.01. The van der Waals surface area contributed by atoms with E-state index in [1.807, 2.05) is 44.2 Å².